The van der Waals surface area contributed by atoms with Crippen LogP contribution in [0.25, 0.3) is 0 Å². The van der Waals surface area contributed by atoms with E-state index in [0.29, 0.717) is 18.0 Å². The maximum Gasteiger partial charge on any atom is 0.275 e. The highest BCUT2D eigenvalue weighted by molar-refractivity contribution is 6.06. The summed E-state index contributed by atoms with van der Waals surface area (Å²) in [5.74, 6) is 0.457. The van der Waals surface area contributed by atoms with E-state index >= 15 is 0 Å². The van der Waals surface area contributed by atoms with Gasteiger partial charge in [0.05, 0.1) is 18.5 Å². The van der Waals surface area contributed by atoms with E-state index in [2.05, 4.69) is 15.5 Å². The van der Waals surface area contributed by atoms with Crippen molar-refractivity contribution in [2.24, 2.45) is 0 Å². The first kappa shape index (κ1) is 12.9. The first-order valence-electron chi connectivity index (χ1n) is 6.03. The highest BCUT2D eigenvalue weighted by Gasteiger charge is 2.11. The number of carbonyl (C=O) groups is 1. The average Bonchev–Trinajstić information content (AvgIpc) is 2.84. The number of nitrogens with zero attached hydrogens (tertiary/aromatic N) is 1. The molecule has 1 aromatic carbocycles. The summed E-state index contributed by atoms with van der Waals surface area (Å²) in [4.78, 5) is 11.9. The lowest BCUT2D eigenvalue weighted by Gasteiger charge is -2.07. The van der Waals surface area contributed by atoms with Gasteiger partial charge in [0, 0.05) is 5.69 Å². The number of rotatable bonds is 5. The number of aromatic amines is 1. The fourth-order valence-corrected chi connectivity index (χ4v) is 1.53. The summed E-state index contributed by atoms with van der Waals surface area (Å²) in [6, 6.07) is 7.16. The molecule has 2 aromatic rings. The number of nitrogens with one attached hydrogen (secondary N) is 2. The smallest absolute Gasteiger partial charge is 0.275 e. The lowest BCUT2D eigenvalue weighted by Crippen LogP contribution is -2.14. The van der Waals surface area contributed by atoms with Crippen LogP contribution in [0.4, 0.5) is 11.4 Å². The second-order valence-electron chi connectivity index (χ2n) is 4.03. The van der Waals surface area contributed by atoms with Crippen molar-refractivity contribution in [3.63, 3.8) is 0 Å². The molecule has 6 heteroatoms. The van der Waals surface area contributed by atoms with Crippen molar-refractivity contribution in [3.05, 3.63) is 36.2 Å². The van der Waals surface area contributed by atoms with Gasteiger partial charge in [-0.2, -0.15) is 5.10 Å². The van der Waals surface area contributed by atoms with E-state index in [9.17, 15) is 4.79 Å². The molecule has 0 fully saturated rings. The summed E-state index contributed by atoms with van der Waals surface area (Å²) in [6.07, 6.45) is 2.36. The molecule has 0 unspecified atom stereocenters. The Labute approximate surface area is 111 Å². The van der Waals surface area contributed by atoms with Crippen LogP contribution >= 0.6 is 0 Å². The zero-order valence-corrected chi connectivity index (χ0v) is 10.6. The minimum Gasteiger partial charge on any atom is -0.494 e. The van der Waals surface area contributed by atoms with Gasteiger partial charge in [0.2, 0.25) is 0 Å². The van der Waals surface area contributed by atoms with Crippen LogP contribution in [0.1, 0.15) is 23.8 Å². The standard InChI is InChI=1S/C13H16N4O2/c1-2-7-19-10-5-3-9(4-6-10)16-13(18)12-11(14)8-15-17-12/h3-6,8H,2,7,14H2,1H3,(H,15,17)(H,16,18). The minimum atomic E-state index is -0.322. The average molecular weight is 260 g/mol. The molecular formula is C13H16N4O2. The van der Waals surface area contributed by atoms with Gasteiger partial charge in [0.1, 0.15) is 11.4 Å². The van der Waals surface area contributed by atoms with Gasteiger partial charge in [-0.3, -0.25) is 9.89 Å². The van der Waals surface area contributed by atoms with Crippen molar-refractivity contribution in [1.29, 1.82) is 0 Å². The molecule has 4 N–H and O–H groups in total. The summed E-state index contributed by atoms with van der Waals surface area (Å²) in [6.45, 7) is 2.72. The fraction of sp³-hybridized carbons (Fsp3) is 0.231. The molecule has 0 spiro atoms. The topological polar surface area (TPSA) is 93.0 Å². The van der Waals surface area contributed by atoms with E-state index in [1.54, 1.807) is 12.1 Å². The number of hydrogen-bond acceptors (Lipinski definition) is 4. The molecule has 0 saturated carbocycles. The second-order valence-corrected chi connectivity index (χ2v) is 4.03. The van der Waals surface area contributed by atoms with E-state index in [0.717, 1.165) is 12.2 Å². The molecular weight excluding hydrogens is 244 g/mol. The molecule has 0 radical (unpaired) electrons. The highest BCUT2D eigenvalue weighted by atomic mass is 16.5. The number of nitrogens with two attached hydrogens (primary N) is 1. The Morgan fingerprint density at radius 2 is 2.16 bits per heavy atom. The first-order chi connectivity index (χ1) is 9.20. The van der Waals surface area contributed by atoms with Crippen molar-refractivity contribution < 1.29 is 9.53 Å². The van der Waals surface area contributed by atoms with Crippen LogP contribution < -0.4 is 15.8 Å². The molecule has 1 amide bonds. The van der Waals surface area contributed by atoms with Crippen molar-refractivity contribution in [3.8, 4) is 5.75 Å². The van der Waals surface area contributed by atoms with Gasteiger partial charge < -0.3 is 15.8 Å². The molecule has 0 aliphatic carbocycles. The normalized spacial score (nSPS) is 10.2. The van der Waals surface area contributed by atoms with Gasteiger partial charge in [-0.25, -0.2) is 0 Å². The number of nitrogen functional groups attached to an aromatic ring is 1. The number of hydrogen-bond donors (Lipinski definition) is 3. The van der Waals surface area contributed by atoms with E-state index in [-0.39, 0.29) is 11.6 Å². The zero-order chi connectivity index (χ0) is 13.7. The van der Waals surface area contributed by atoms with Gasteiger partial charge in [-0.05, 0) is 30.7 Å². The highest BCUT2D eigenvalue weighted by Crippen LogP contribution is 2.17. The zero-order valence-electron chi connectivity index (χ0n) is 10.6. The maximum absolute atomic E-state index is 11.9. The van der Waals surface area contributed by atoms with E-state index in [1.165, 1.54) is 6.20 Å². The lowest BCUT2D eigenvalue weighted by molar-refractivity contribution is 0.102. The third-order valence-corrected chi connectivity index (χ3v) is 2.48. The number of H-pyrrole nitrogens is 1. The number of anilines is 2. The Morgan fingerprint density at radius 3 is 2.74 bits per heavy atom. The number of benzene rings is 1. The second kappa shape index (κ2) is 5.90. The van der Waals surface area contributed by atoms with Crippen molar-refractivity contribution in [1.82, 2.24) is 10.2 Å². The molecule has 1 aromatic heterocycles. The van der Waals surface area contributed by atoms with E-state index in [4.69, 9.17) is 10.5 Å². The Kier molecular flexibility index (Phi) is 4.02. The van der Waals surface area contributed by atoms with E-state index < -0.39 is 0 Å². The third-order valence-electron chi connectivity index (χ3n) is 2.48. The van der Waals surface area contributed by atoms with Crippen LogP contribution in [-0.4, -0.2) is 22.7 Å². The van der Waals surface area contributed by atoms with Crippen molar-refractivity contribution in [2.45, 2.75) is 13.3 Å². The van der Waals surface area contributed by atoms with Crippen LogP contribution in [0.15, 0.2) is 30.5 Å². The summed E-state index contributed by atoms with van der Waals surface area (Å²) in [5, 5.41) is 8.98. The minimum absolute atomic E-state index is 0.256. The Hall–Kier alpha value is -2.50. The monoisotopic (exact) mass is 260 g/mol. The summed E-state index contributed by atoms with van der Waals surface area (Å²) in [5.41, 5.74) is 6.84. The summed E-state index contributed by atoms with van der Waals surface area (Å²) < 4.78 is 5.46. The van der Waals surface area contributed by atoms with Crippen LogP contribution in [0, 0.1) is 0 Å². The maximum atomic E-state index is 11.9. The van der Waals surface area contributed by atoms with Crippen LogP contribution in [0.3, 0.4) is 0 Å². The van der Waals surface area contributed by atoms with Gasteiger partial charge in [0.15, 0.2) is 0 Å². The number of aromatic nitrogens is 2. The molecule has 100 valence electrons. The Balaban J connectivity index is 2.00. The van der Waals surface area contributed by atoms with Gasteiger partial charge >= 0.3 is 0 Å². The van der Waals surface area contributed by atoms with Crippen LogP contribution in [0.5, 0.6) is 5.75 Å². The van der Waals surface area contributed by atoms with Gasteiger partial charge in [-0.15, -0.1) is 0 Å². The molecule has 6 nitrogen and oxygen atoms in total. The van der Waals surface area contributed by atoms with Crippen molar-refractivity contribution in [2.75, 3.05) is 17.7 Å². The number of carbonyl (C=O) groups excluding carboxylic acids is 1. The molecule has 0 bridgehead atoms. The van der Waals surface area contributed by atoms with Gasteiger partial charge in [-0.1, -0.05) is 6.92 Å². The lowest BCUT2D eigenvalue weighted by atomic mass is 10.3. The van der Waals surface area contributed by atoms with Crippen LogP contribution in [-0.2, 0) is 0 Å². The predicted octanol–water partition coefficient (Wildman–Crippen LogP) is 2.03. The van der Waals surface area contributed by atoms with E-state index in [1.807, 2.05) is 19.1 Å². The predicted molar refractivity (Wildman–Crippen MR) is 73.2 cm³/mol. The molecule has 0 aliphatic rings. The van der Waals surface area contributed by atoms with Crippen LogP contribution in [0.2, 0.25) is 0 Å². The first-order valence-corrected chi connectivity index (χ1v) is 6.03. The molecule has 1 heterocycles. The molecule has 0 saturated heterocycles. The quantitative estimate of drug-likeness (QED) is 0.766. The number of ether oxygens (including phenoxy) is 1. The summed E-state index contributed by atoms with van der Waals surface area (Å²) >= 11 is 0. The Bertz CT molecular complexity index is 548. The summed E-state index contributed by atoms with van der Waals surface area (Å²) in [7, 11) is 0. The Morgan fingerprint density at radius 1 is 1.42 bits per heavy atom. The molecule has 0 atom stereocenters. The molecule has 0 aliphatic heterocycles. The van der Waals surface area contributed by atoms with Gasteiger partial charge in [0.25, 0.3) is 5.91 Å². The largest absolute Gasteiger partial charge is 0.494 e. The third kappa shape index (κ3) is 3.25. The van der Waals surface area contributed by atoms with Crippen molar-refractivity contribution >= 4 is 17.3 Å². The molecule has 19 heavy (non-hydrogen) atoms. The number of amides is 1. The molecule has 2 rings (SSSR count). The fourth-order valence-electron chi connectivity index (χ4n) is 1.53. The SMILES string of the molecule is CCCOc1ccc(NC(=O)c2[nH]ncc2N)cc1.